The van der Waals surface area contributed by atoms with Crippen LogP contribution in [0.4, 0.5) is 11.6 Å². The molecular weight excluding hydrogens is 252 g/mol. The smallest absolute Gasteiger partial charge is 0.191 e. The van der Waals surface area contributed by atoms with E-state index in [1.165, 1.54) is 17.8 Å². The molecule has 0 saturated heterocycles. The summed E-state index contributed by atoms with van der Waals surface area (Å²) >= 11 is 1.49. The zero-order valence-electron chi connectivity index (χ0n) is 10.8. The zero-order chi connectivity index (χ0) is 13.4. The summed E-state index contributed by atoms with van der Waals surface area (Å²) in [6.07, 6.45) is 0.593. The van der Waals surface area contributed by atoms with Gasteiger partial charge in [-0.1, -0.05) is 11.8 Å². The maximum absolute atomic E-state index is 5.59. The van der Waals surface area contributed by atoms with Crippen molar-refractivity contribution in [2.75, 3.05) is 30.4 Å². The summed E-state index contributed by atoms with van der Waals surface area (Å²) in [4.78, 5) is 8.18. The zero-order valence-corrected chi connectivity index (χ0v) is 11.6. The fourth-order valence-electron chi connectivity index (χ4n) is 1.36. The molecule has 4 N–H and O–H groups in total. The van der Waals surface area contributed by atoms with Gasteiger partial charge in [0.15, 0.2) is 11.4 Å². The summed E-state index contributed by atoms with van der Waals surface area (Å²) in [6, 6.07) is 1.53. The van der Waals surface area contributed by atoms with Crippen LogP contribution in [0.15, 0.2) is 11.2 Å². The molecule has 0 bridgehead atoms. The van der Waals surface area contributed by atoms with Crippen molar-refractivity contribution in [3.8, 4) is 0 Å². The molecular formula is C11H20N4O2S. The van der Waals surface area contributed by atoms with Gasteiger partial charge in [0.25, 0.3) is 0 Å². The number of hydrogen-bond acceptors (Lipinski definition) is 7. The SMILES string of the molecule is CCOC(CCSc1nc(N)cc(N)n1)OCC. The van der Waals surface area contributed by atoms with E-state index in [-0.39, 0.29) is 6.29 Å². The van der Waals surface area contributed by atoms with Crippen molar-refractivity contribution in [1.82, 2.24) is 9.97 Å². The summed E-state index contributed by atoms with van der Waals surface area (Å²) < 4.78 is 10.9. The Labute approximate surface area is 111 Å². The van der Waals surface area contributed by atoms with Crippen LogP contribution >= 0.6 is 11.8 Å². The molecule has 18 heavy (non-hydrogen) atoms. The summed E-state index contributed by atoms with van der Waals surface area (Å²) in [6.45, 7) is 5.16. The van der Waals surface area contributed by atoms with Crippen LogP contribution in [0.1, 0.15) is 20.3 Å². The molecule has 0 amide bonds. The van der Waals surface area contributed by atoms with E-state index in [4.69, 9.17) is 20.9 Å². The van der Waals surface area contributed by atoms with Crippen molar-refractivity contribution in [3.63, 3.8) is 0 Å². The second-order valence-electron chi connectivity index (χ2n) is 3.48. The molecule has 0 spiro atoms. The Morgan fingerprint density at radius 2 is 1.72 bits per heavy atom. The van der Waals surface area contributed by atoms with E-state index >= 15 is 0 Å². The Morgan fingerprint density at radius 1 is 1.17 bits per heavy atom. The number of rotatable bonds is 8. The van der Waals surface area contributed by atoms with Crippen molar-refractivity contribution in [2.45, 2.75) is 31.7 Å². The molecule has 6 nitrogen and oxygen atoms in total. The van der Waals surface area contributed by atoms with Crippen LogP contribution in [0.3, 0.4) is 0 Å². The van der Waals surface area contributed by atoms with E-state index in [1.807, 2.05) is 13.8 Å². The summed E-state index contributed by atoms with van der Waals surface area (Å²) in [5.74, 6) is 1.56. The van der Waals surface area contributed by atoms with Gasteiger partial charge in [-0.15, -0.1) is 0 Å². The number of nitrogens with two attached hydrogens (primary N) is 2. The van der Waals surface area contributed by atoms with E-state index in [2.05, 4.69) is 9.97 Å². The Morgan fingerprint density at radius 3 is 2.22 bits per heavy atom. The molecule has 0 aromatic carbocycles. The first kappa shape index (κ1) is 15.0. The molecule has 0 radical (unpaired) electrons. The minimum Gasteiger partial charge on any atom is -0.383 e. The fraction of sp³-hybridized carbons (Fsp3) is 0.636. The van der Waals surface area contributed by atoms with Gasteiger partial charge in [0.2, 0.25) is 0 Å². The highest BCUT2D eigenvalue weighted by atomic mass is 32.2. The number of anilines is 2. The predicted molar refractivity (Wildman–Crippen MR) is 73.2 cm³/mol. The van der Waals surface area contributed by atoms with Crippen LogP contribution in [0.2, 0.25) is 0 Å². The Hall–Kier alpha value is -1.05. The van der Waals surface area contributed by atoms with Crippen LogP contribution in [0.5, 0.6) is 0 Å². The summed E-state index contributed by atoms with van der Waals surface area (Å²) in [5, 5.41) is 0.583. The van der Waals surface area contributed by atoms with Crippen LogP contribution in [-0.4, -0.2) is 35.2 Å². The topological polar surface area (TPSA) is 96.3 Å². The van der Waals surface area contributed by atoms with Gasteiger partial charge in [0.05, 0.1) is 0 Å². The molecule has 0 fully saturated rings. The normalized spacial score (nSPS) is 11.1. The second-order valence-corrected chi connectivity index (χ2v) is 4.54. The Kier molecular flexibility index (Phi) is 6.77. The molecule has 0 aliphatic rings. The van der Waals surface area contributed by atoms with Crippen molar-refractivity contribution in [3.05, 3.63) is 6.07 Å². The third kappa shape index (κ3) is 5.52. The van der Waals surface area contributed by atoms with E-state index in [0.29, 0.717) is 30.0 Å². The van der Waals surface area contributed by atoms with Crippen molar-refractivity contribution < 1.29 is 9.47 Å². The average Bonchev–Trinajstić information content (AvgIpc) is 2.28. The Balaban J connectivity index is 2.39. The molecule has 0 unspecified atom stereocenters. The number of nitrogens with zero attached hydrogens (tertiary/aromatic N) is 2. The maximum atomic E-state index is 5.59. The highest BCUT2D eigenvalue weighted by Gasteiger charge is 2.09. The first-order valence-electron chi connectivity index (χ1n) is 5.91. The highest BCUT2D eigenvalue weighted by Crippen LogP contribution is 2.18. The number of thioether (sulfide) groups is 1. The van der Waals surface area contributed by atoms with Gasteiger partial charge >= 0.3 is 0 Å². The van der Waals surface area contributed by atoms with E-state index < -0.39 is 0 Å². The monoisotopic (exact) mass is 272 g/mol. The number of ether oxygens (including phenoxy) is 2. The van der Waals surface area contributed by atoms with Crippen LogP contribution in [-0.2, 0) is 9.47 Å². The highest BCUT2D eigenvalue weighted by molar-refractivity contribution is 7.99. The molecule has 0 saturated carbocycles. The molecule has 1 aromatic heterocycles. The molecule has 1 heterocycles. The molecule has 0 atom stereocenters. The van der Waals surface area contributed by atoms with Crippen molar-refractivity contribution >= 4 is 23.4 Å². The third-order valence-electron chi connectivity index (χ3n) is 2.04. The van der Waals surface area contributed by atoms with Gasteiger partial charge in [-0.05, 0) is 13.8 Å². The lowest BCUT2D eigenvalue weighted by Crippen LogP contribution is -2.18. The lowest BCUT2D eigenvalue weighted by molar-refractivity contribution is -0.136. The predicted octanol–water partition coefficient (Wildman–Crippen LogP) is 1.52. The van der Waals surface area contributed by atoms with E-state index in [9.17, 15) is 0 Å². The number of aromatic nitrogens is 2. The van der Waals surface area contributed by atoms with E-state index in [0.717, 1.165) is 12.2 Å². The largest absolute Gasteiger partial charge is 0.383 e. The van der Waals surface area contributed by atoms with Gasteiger partial charge in [-0.25, -0.2) is 9.97 Å². The van der Waals surface area contributed by atoms with Crippen LogP contribution in [0.25, 0.3) is 0 Å². The van der Waals surface area contributed by atoms with Gasteiger partial charge in [0.1, 0.15) is 11.6 Å². The summed E-state index contributed by atoms with van der Waals surface area (Å²) in [7, 11) is 0. The van der Waals surface area contributed by atoms with Crippen molar-refractivity contribution in [1.29, 1.82) is 0 Å². The van der Waals surface area contributed by atoms with Crippen LogP contribution < -0.4 is 11.5 Å². The minimum atomic E-state index is -0.175. The van der Waals surface area contributed by atoms with E-state index in [1.54, 1.807) is 0 Å². The first-order chi connectivity index (χ1) is 8.65. The molecule has 0 aliphatic heterocycles. The van der Waals surface area contributed by atoms with Gasteiger partial charge < -0.3 is 20.9 Å². The molecule has 1 aromatic rings. The van der Waals surface area contributed by atoms with Crippen molar-refractivity contribution in [2.24, 2.45) is 0 Å². The second kappa shape index (κ2) is 8.12. The lowest BCUT2D eigenvalue weighted by atomic mass is 10.5. The van der Waals surface area contributed by atoms with Crippen LogP contribution in [0, 0.1) is 0 Å². The molecule has 102 valence electrons. The molecule has 1 rings (SSSR count). The quantitative estimate of drug-likeness (QED) is 0.421. The summed E-state index contributed by atoms with van der Waals surface area (Å²) in [5.41, 5.74) is 11.2. The minimum absolute atomic E-state index is 0.175. The first-order valence-corrected chi connectivity index (χ1v) is 6.90. The number of hydrogen-bond donors (Lipinski definition) is 2. The maximum Gasteiger partial charge on any atom is 0.191 e. The average molecular weight is 272 g/mol. The molecule has 0 aliphatic carbocycles. The fourth-order valence-corrected chi connectivity index (χ4v) is 2.19. The third-order valence-corrected chi connectivity index (χ3v) is 2.92. The molecule has 7 heteroatoms. The van der Waals surface area contributed by atoms with Gasteiger partial charge in [-0.2, -0.15) is 0 Å². The lowest BCUT2D eigenvalue weighted by Gasteiger charge is -2.16. The van der Waals surface area contributed by atoms with Gasteiger partial charge in [0, 0.05) is 31.5 Å². The Bertz CT molecular complexity index is 339. The number of nitrogen functional groups attached to an aromatic ring is 2. The standard InChI is InChI=1S/C11H20N4O2S/c1-3-16-10(17-4-2)5-6-18-11-14-8(12)7-9(13)15-11/h7,10H,3-6H2,1-2H3,(H4,12,13,14,15). The van der Waals surface area contributed by atoms with Gasteiger partial charge in [-0.3, -0.25) is 0 Å².